The molecule has 0 aliphatic rings. The molecule has 1 heterocycles. The predicted octanol–water partition coefficient (Wildman–Crippen LogP) is 5.39. The zero-order chi connectivity index (χ0) is 18.5. The largest absolute Gasteiger partial charge is 0.457 e. The number of halogens is 2. The van der Waals surface area contributed by atoms with Gasteiger partial charge in [-0.25, -0.2) is 4.39 Å². The second kappa shape index (κ2) is 7.81. The average molecular weight is 411 g/mol. The number of benzene rings is 2. The lowest BCUT2D eigenvalue weighted by Crippen LogP contribution is -2.13. The number of furan rings is 1. The van der Waals surface area contributed by atoms with Crippen LogP contribution in [0.15, 0.2) is 75.1 Å². The number of nitrogens with zero attached hydrogens (tertiary/aromatic N) is 1. The SMILES string of the molecule is N#C/C(=C\c1ccc(-c2ccc(F)cc2)o1)C(=O)Nc1ccccc1Br. The second-order valence-electron chi connectivity index (χ2n) is 5.31. The van der Waals surface area contributed by atoms with Crippen LogP contribution in [-0.4, -0.2) is 5.91 Å². The molecule has 3 aromatic rings. The van der Waals surface area contributed by atoms with Crippen molar-refractivity contribution in [2.45, 2.75) is 0 Å². The number of para-hydroxylation sites is 1. The molecule has 1 aromatic heterocycles. The first kappa shape index (κ1) is 17.6. The third-order valence-corrected chi connectivity index (χ3v) is 4.22. The Balaban J connectivity index is 1.81. The minimum Gasteiger partial charge on any atom is -0.457 e. The Hall–Kier alpha value is -3.17. The number of anilines is 1. The minimum absolute atomic E-state index is 0.0965. The van der Waals surface area contributed by atoms with Crippen LogP contribution in [0.4, 0.5) is 10.1 Å². The first-order chi connectivity index (χ1) is 12.6. The lowest BCUT2D eigenvalue weighted by atomic mass is 10.2. The zero-order valence-electron chi connectivity index (χ0n) is 13.4. The Kier molecular flexibility index (Phi) is 5.30. The number of hydrogen-bond acceptors (Lipinski definition) is 3. The normalized spacial score (nSPS) is 11.0. The van der Waals surface area contributed by atoms with Crippen molar-refractivity contribution in [3.05, 3.63) is 82.3 Å². The van der Waals surface area contributed by atoms with Crippen molar-refractivity contribution in [3.63, 3.8) is 0 Å². The van der Waals surface area contributed by atoms with E-state index < -0.39 is 5.91 Å². The Labute approximate surface area is 157 Å². The first-order valence-electron chi connectivity index (χ1n) is 7.60. The lowest BCUT2D eigenvalue weighted by Gasteiger charge is -2.05. The number of amides is 1. The van der Waals surface area contributed by atoms with Gasteiger partial charge in [0.25, 0.3) is 5.91 Å². The standard InChI is InChI=1S/C20H12BrFN2O2/c21-17-3-1-2-4-18(17)24-20(25)14(12-23)11-16-9-10-19(26-16)13-5-7-15(22)8-6-13/h1-11H,(H,24,25)/b14-11+. The Morgan fingerprint density at radius 3 is 2.54 bits per heavy atom. The molecule has 6 heteroatoms. The summed E-state index contributed by atoms with van der Waals surface area (Å²) in [7, 11) is 0. The molecule has 0 spiro atoms. The van der Waals surface area contributed by atoms with Crippen molar-refractivity contribution >= 4 is 33.6 Å². The van der Waals surface area contributed by atoms with E-state index in [1.165, 1.54) is 18.2 Å². The van der Waals surface area contributed by atoms with E-state index in [0.29, 0.717) is 27.2 Å². The fourth-order valence-corrected chi connectivity index (χ4v) is 2.63. The Bertz CT molecular complexity index is 1020. The highest BCUT2D eigenvalue weighted by Crippen LogP contribution is 2.25. The van der Waals surface area contributed by atoms with E-state index in [2.05, 4.69) is 21.2 Å². The van der Waals surface area contributed by atoms with Gasteiger partial charge in [-0.3, -0.25) is 4.79 Å². The fourth-order valence-electron chi connectivity index (χ4n) is 2.24. The van der Waals surface area contributed by atoms with E-state index in [0.717, 1.165) is 0 Å². The third kappa shape index (κ3) is 4.08. The van der Waals surface area contributed by atoms with Crippen LogP contribution in [0.5, 0.6) is 0 Å². The van der Waals surface area contributed by atoms with Crippen LogP contribution in [0, 0.1) is 17.1 Å². The summed E-state index contributed by atoms with van der Waals surface area (Å²) in [5, 5.41) is 12.0. The van der Waals surface area contributed by atoms with E-state index in [-0.39, 0.29) is 11.4 Å². The highest BCUT2D eigenvalue weighted by molar-refractivity contribution is 9.10. The molecule has 0 atom stereocenters. The maximum absolute atomic E-state index is 13.0. The number of nitrogens with one attached hydrogen (secondary N) is 1. The Morgan fingerprint density at radius 2 is 1.85 bits per heavy atom. The molecular weight excluding hydrogens is 399 g/mol. The van der Waals surface area contributed by atoms with E-state index in [1.54, 1.807) is 42.5 Å². The van der Waals surface area contributed by atoms with Crippen LogP contribution >= 0.6 is 15.9 Å². The van der Waals surface area contributed by atoms with Crippen LogP contribution in [0.1, 0.15) is 5.76 Å². The summed E-state index contributed by atoms with van der Waals surface area (Å²) in [4.78, 5) is 12.3. The quantitative estimate of drug-likeness (QED) is 0.462. The number of rotatable bonds is 4. The molecule has 0 unspecified atom stereocenters. The van der Waals surface area contributed by atoms with Gasteiger partial charge in [-0.2, -0.15) is 5.26 Å². The molecule has 1 N–H and O–H groups in total. The van der Waals surface area contributed by atoms with Crippen LogP contribution in [-0.2, 0) is 4.79 Å². The van der Waals surface area contributed by atoms with Crippen LogP contribution in [0.2, 0.25) is 0 Å². The van der Waals surface area contributed by atoms with Gasteiger partial charge in [0.05, 0.1) is 5.69 Å². The molecule has 0 aliphatic carbocycles. The molecule has 0 aliphatic heterocycles. The molecule has 2 aromatic carbocycles. The Morgan fingerprint density at radius 1 is 1.12 bits per heavy atom. The van der Waals surface area contributed by atoms with Crippen LogP contribution < -0.4 is 5.32 Å². The predicted molar refractivity (Wildman–Crippen MR) is 100 cm³/mol. The highest BCUT2D eigenvalue weighted by atomic mass is 79.9. The molecule has 0 saturated heterocycles. The summed E-state index contributed by atoms with van der Waals surface area (Å²) in [6.07, 6.45) is 1.36. The third-order valence-electron chi connectivity index (χ3n) is 3.53. The van der Waals surface area contributed by atoms with Gasteiger partial charge >= 0.3 is 0 Å². The van der Waals surface area contributed by atoms with Crippen LogP contribution in [0.25, 0.3) is 17.4 Å². The molecule has 3 rings (SSSR count). The van der Waals surface area contributed by atoms with Crippen molar-refractivity contribution in [1.29, 1.82) is 5.26 Å². The highest BCUT2D eigenvalue weighted by Gasteiger charge is 2.12. The summed E-state index contributed by atoms with van der Waals surface area (Å²) in [6.45, 7) is 0. The number of hydrogen-bond donors (Lipinski definition) is 1. The van der Waals surface area contributed by atoms with Gasteiger partial charge in [0.2, 0.25) is 0 Å². The van der Waals surface area contributed by atoms with Gasteiger partial charge in [0.1, 0.15) is 29.0 Å². The van der Waals surface area contributed by atoms with E-state index >= 15 is 0 Å². The number of carbonyl (C=O) groups excluding carboxylic acids is 1. The van der Waals surface area contributed by atoms with E-state index in [4.69, 9.17) is 4.42 Å². The molecule has 0 radical (unpaired) electrons. The summed E-state index contributed by atoms with van der Waals surface area (Å²) in [5.41, 5.74) is 1.16. The molecule has 4 nitrogen and oxygen atoms in total. The average Bonchev–Trinajstić information content (AvgIpc) is 3.10. The summed E-state index contributed by atoms with van der Waals surface area (Å²) >= 11 is 3.33. The zero-order valence-corrected chi connectivity index (χ0v) is 15.0. The molecule has 0 saturated carbocycles. The van der Waals surface area contributed by atoms with Gasteiger partial charge in [0.15, 0.2) is 0 Å². The van der Waals surface area contributed by atoms with Gasteiger partial charge < -0.3 is 9.73 Å². The minimum atomic E-state index is -0.542. The second-order valence-corrected chi connectivity index (χ2v) is 6.17. The van der Waals surface area contributed by atoms with Gasteiger partial charge in [-0.1, -0.05) is 12.1 Å². The van der Waals surface area contributed by atoms with Gasteiger partial charge in [-0.15, -0.1) is 0 Å². The maximum Gasteiger partial charge on any atom is 0.266 e. The molecule has 26 heavy (non-hydrogen) atoms. The molecule has 0 bridgehead atoms. The molecule has 128 valence electrons. The summed E-state index contributed by atoms with van der Waals surface area (Å²) in [6, 6.07) is 18.1. The van der Waals surface area contributed by atoms with Crippen molar-refractivity contribution < 1.29 is 13.6 Å². The van der Waals surface area contributed by atoms with Gasteiger partial charge in [0, 0.05) is 16.1 Å². The van der Waals surface area contributed by atoms with Crippen molar-refractivity contribution in [3.8, 4) is 17.4 Å². The van der Waals surface area contributed by atoms with Crippen molar-refractivity contribution in [2.75, 3.05) is 5.32 Å². The fraction of sp³-hybridized carbons (Fsp3) is 0. The summed E-state index contributed by atoms with van der Waals surface area (Å²) in [5.74, 6) is -0.0158. The topological polar surface area (TPSA) is 66.0 Å². The van der Waals surface area contributed by atoms with E-state index in [9.17, 15) is 14.4 Å². The monoisotopic (exact) mass is 410 g/mol. The molecular formula is C20H12BrFN2O2. The van der Waals surface area contributed by atoms with E-state index in [1.807, 2.05) is 12.1 Å². The number of carbonyl (C=O) groups is 1. The number of nitriles is 1. The van der Waals surface area contributed by atoms with Gasteiger partial charge in [-0.05, 0) is 64.5 Å². The lowest BCUT2D eigenvalue weighted by molar-refractivity contribution is -0.112. The summed E-state index contributed by atoms with van der Waals surface area (Å²) < 4.78 is 19.3. The molecule has 0 fully saturated rings. The smallest absolute Gasteiger partial charge is 0.266 e. The van der Waals surface area contributed by atoms with Crippen molar-refractivity contribution in [2.24, 2.45) is 0 Å². The van der Waals surface area contributed by atoms with Crippen LogP contribution in [0.3, 0.4) is 0 Å². The maximum atomic E-state index is 13.0. The molecule has 1 amide bonds. The van der Waals surface area contributed by atoms with Crippen molar-refractivity contribution in [1.82, 2.24) is 0 Å². The first-order valence-corrected chi connectivity index (χ1v) is 8.39.